The number of unbranched alkanes of at least 4 members (excludes halogenated alkanes) is 2. The van der Waals surface area contributed by atoms with Crippen molar-refractivity contribution in [3.05, 3.63) is 0 Å². The third kappa shape index (κ3) is 4.90. The maximum atomic E-state index is 11.8. The molecule has 0 aliphatic heterocycles. The summed E-state index contributed by atoms with van der Waals surface area (Å²) in [5.41, 5.74) is 0. The van der Waals surface area contributed by atoms with E-state index in [0.717, 1.165) is 24.7 Å². The fourth-order valence-electron chi connectivity index (χ4n) is 4.05. The fourth-order valence-corrected chi connectivity index (χ4v) is 4.05. The second-order valence-electron chi connectivity index (χ2n) is 6.73. The zero-order valence-corrected chi connectivity index (χ0v) is 12.9. The predicted molar refractivity (Wildman–Crippen MR) is 81.0 cm³/mol. The Morgan fingerprint density at radius 1 is 1.19 bits per heavy atom. The van der Waals surface area contributed by atoms with E-state index in [4.69, 9.17) is 5.11 Å². The number of nitrogens with one attached hydrogen (secondary N) is 2. The van der Waals surface area contributed by atoms with Crippen LogP contribution in [0.4, 0.5) is 4.79 Å². The van der Waals surface area contributed by atoms with Crippen molar-refractivity contribution in [2.75, 3.05) is 6.54 Å². The van der Waals surface area contributed by atoms with Crippen molar-refractivity contribution < 1.29 is 14.7 Å². The van der Waals surface area contributed by atoms with Crippen molar-refractivity contribution >= 4 is 12.0 Å². The molecule has 2 rings (SSSR count). The molecule has 5 heteroatoms. The van der Waals surface area contributed by atoms with E-state index in [1.807, 2.05) is 0 Å². The molecule has 0 radical (unpaired) electrons. The molecule has 2 fully saturated rings. The lowest BCUT2D eigenvalue weighted by molar-refractivity contribution is -0.137. The largest absolute Gasteiger partial charge is 0.481 e. The van der Waals surface area contributed by atoms with E-state index in [1.165, 1.54) is 25.7 Å². The smallest absolute Gasteiger partial charge is 0.315 e. The first-order valence-corrected chi connectivity index (χ1v) is 8.32. The number of hydrogen-bond acceptors (Lipinski definition) is 2. The van der Waals surface area contributed by atoms with Crippen molar-refractivity contribution in [1.82, 2.24) is 10.6 Å². The predicted octanol–water partition coefficient (Wildman–Crippen LogP) is 2.76. The summed E-state index contributed by atoms with van der Waals surface area (Å²) in [6, 6.07) is 0.177. The fraction of sp³-hybridized carbons (Fsp3) is 0.875. The van der Waals surface area contributed by atoms with E-state index < -0.39 is 5.97 Å². The summed E-state index contributed by atoms with van der Waals surface area (Å²) in [4.78, 5) is 22.2. The van der Waals surface area contributed by atoms with Gasteiger partial charge in [0.1, 0.15) is 0 Å². The Hall–Kier alpha value is -1.26. The van der Waals surface area contributed by atoms with E-state index in [1.54, 1.807) is 0 Å². The summed E-state index contributed by atoms with van der Waals surface area (Å²) >= 11 is 0. The third-order valence-electron chi connectivity index (χ3n) is 5.15. The number of hydrogen-bond donors (Lipinski definition) is 3. The normalized spacial score (nSPS) is 28.3. The number of carbonyl (C=O) groups excluding carboxylic acids is 1. The van der Waals surface area contributed by atoms with Crippen molar-refractivity contribution in [3.63, 3.8) is 0 Å². The first-order chi connectivity index (χ1) is 10.1. The zero-order chi connectivity index (χ0) is 15.2. The van der Waals surface area contributed by atoms with Crippen LogP contribution >= 0.6 is 0 Å². The highest BCUT2D eigenvalue weighted by atomic mass is 16.4. The van der Waals surface area contributed by atoms with Crippen LogP contribution in [0.3, 0.4) is 0 Å². The Balaban J connectivity index is 1.54. The van der Waals surface area contributed by atoms with Crippen LogP contribution in [-0.2, 0) is 4.79 Å². The minimum Gasteiger partial charge on any atom is -0.481 e. The van der Waals surface area contributed by atoms with Gasteiger partial charge in [-0.1, -0.05) is 12.8 Å². The Bertz CT molecular complexity index is 373. The highest BCUT2D eigenvalue weighted by molar-refractivity contribution is 5.74. The molecule has 2 amide bonds. The lowest BCUT2D eigenvalue weighted by atomic mass is 9.84. The number of carboxylic acid groups (broad SMARTS) is 1. The molecule has 0 aromatic rings. The molecular weight excluding hydrogens is 268 g/mol. The molecule has 0 heterocycles. The molecule has 0 aromatic heterocycles. The van der Waals surface area contributed by atoms with E-state index in [9.17, 15) is 9.59 Å². The Morgan fingerprint density at radius 3 is 2.62 bits per heavy atom. The molecule has 2 bridgehead atoms. The Kier molecular flexibility index (Phi) is 5.88. The first kappa shape index (κ1) is 16.1. The van der Waals surface area contributed by atoms with Gasteiger partial charge < -0.3 is 15.7 Å². The molecule has 120 valence electrons. The number of fused-ring (bicyclic) bond motifs is 2. The van der Waals surface area contributed by atoms with Gasteiger partial charge in [-0.15, -0.1) is 0 Å². The Morgan fingerprint density at radius 2 is 2.00 bits per heavy atom. The van der Waals surface area contributed by atoms with Gasteiger partial charge in [-0.25, -0.2) is 4.79 Å². The van der Waals surface area contributed by atoms with Gasteiger partial charge in [0, 0.05) is 19.0 Å². The van der Waals surface area contributed by atoms with Crippen molar-refractivity contribution in [3.8, 4) is 0 Å². The lowest BCUT2D eigenvalue weighted by Crippen LogP contribution is -2.45. The van der Waals surface area contributed by atoms with Gasteiger partial charge >= 0.3 is 12.0 Å². The van der Waals surface area contributed by atoms with E-state index >= 15 is 0 Å². The second kappa shape index (κ2) is 7.66. The number of urea groups is 1. The molecule has 4 unspecified atom stereocenters. The summed E-state index contributed by atoms with van der Waals surface area (Å²) in [7, 11) is 0. The summed E-state index contributed by atoms with van der Waals surface area (Å²) in [5, 5.41) is 14.5. The molecule has 21 heavy (non-hydrogen) atoms. The molecule has 0 aromatic carbocycles. The van der Waals surface area contributed by atoms with Crippen LogP contribution in [0.2, 0.25) is 0 Å². The summed E-state index contributed by atoms with van der Waals surface area (Å²) in [5.74, 6) is 1.63. The SMILES string of the molecule is CC(NC(=O)NCCCCCC(=O)O)C1CC2CCC1C2. The number of rotatable bonds is 8. The molecule has 5 nitrogen and oxygen atoms in total. The molecule has 2 saturated carbocycles. The molecule has 0 spiro atoms. The van der Waals surface area contributed by atoms with Gasteiger partial charge in [0.2, 0.25) is 0 Å². The standard InChI is InChI=1S/C16H28N2O3/c1-11(14-10-12-6-7-13(14)9-12)18-16(21)17-8-4-2-3-5-15(19)20/h11-14H,2-10H2,1H3,(H,19,20)(H2,17,18,21). The maximum absolute atomic E-state index is 11.8. The van der Waals surface area contributed by atoms with Gasteiger partial charge in [-0.2, -0.15) is 0 Å². The molecule has 0 saturated heterocycles. The second-order valence-corrected chi connectivity index (χ2v) is 6.73. The van der Waals surface area contributed by atoms with Crippen LogP contribution < -0.4 is 10.6 Å². The van der Waals surface area contributed by atoms with Gasteiger partial charge in [-0.05, 0) is 56.8 Å². The molecule has 4 atom stereocenters. The van der Waals surface area contributed by atoms with Crippen LogP contribution in [0.5, 0.6) is 0 Å². The van der Waals surface area contributed by atoms with Crippen LogP contribution in [0.25, 0.3) is 0 Å². The van der Waals surface area contributed by atoms with Gasteiger partial charge in [0.25, 0.3) is 0 Å². The highest BCUT2D eigenvalue weighted by Crippen LogP contribution is 2.49. The number of carbonyl (C=O) groups is 2. The molecule has 2 aliphatic rings. The lowest BCUT2D eigenvalue weighted by Gasteiger charge is -2.28. The quantitative estimate of drug-likeness (QED) is 0.603. The van der Waals surface area contributed by atoms with E-state index in [0.29, 0.717) is 18.9 Å². The maximum Gasteiger partial charge on any atom is 0.315 e. The summed E-state index contributed by atoms with van der Waals surface area (Å²) in [6.07, 6.45) is 7.94. The number of amides is 2. The van der Waals surface area contributed by atoms with Crippen LogP contribution in [0.1, 0.15) is 58.3 Å². The molecular formula is C16H28N2O3. The topological polar surface area (TPSA) is 78.4 Å². The van der Waals surface area contributed by atoms with Crippen molar-refractivity contribution in [1.29, 1.82) is 0 Å². The van der Waals surface area contributed by atoms with Crippen LogP contribution in [0.15, 0.2) is 0 Å². The van der Waals surface area contributed by atoms with Gasteiger partial charge in [0.05, 0.1) is 0 Å². The van der Waals surface area contributed by atoms with E-state index in [-0.39, 0.29) is 18.5 Å². The van der Waals surface area contributed by atoms with Crippen LogP contribution in [0, 0.1) is 17.8 Å². The van der Waals surface area contributed by atoms with Crippen LogP contribution in [-0.4, -0.2) is 29.7 Å². The van der Waals surface area contributed by atoms with Gasteiger partial charge in [-0.3, -0.25) is 4.79 Å². The third-order valence-corrected chi connectivity index (χ3v) is 5.15. The highest BCUT2D eigenvalue weighted by Gasteiger charge is 2.42. The zero-order valence-electron chi connectivity index (χ0n) is 12.9. The summed E-state index contributed by atoms with van der Waals surface area (Å²) < 4.78 is 0. The molecule has 2 aliphatic carbocycles. The number of aliphatic carboxylic acids is 1. The summed E-state index contributed by atoms with van der Waals surface area (Å²) in [6.45, 7) is 2.74. The van der Waals surface area contributed by atoms with E-state index in [2.05, 4.69) is 17.6 Å². The average molecular weight is 296 g/mol. The van der Waals surface area contributed by atoms with Crippen molar-refractivity contribution in [2.45, 2.75) is 64.3 Å². The molecule has 3 N–H and O–H groups in total. The number of carboxylic acids is 1. The van der Waals surface area contributed by atoms with Gasteiger partial charge in [0.15, 0.2) is 0 Å². The average Bonchev–Trinajstić information content (AvgIpc) is 3.04. The monoisotopic (exact) mass is 296 g/mol. The Labute approximate surface area is 126 Å². The minimum absolute atomic E-state index is 0.0801. The van der Waals surface area contributed by atoms with Crippen molar-refractivity contribution in [2.24, 2.45) is 17.8 Å². The minimum atomic E-state index is -0.750. The first-order valence-electron chi connectivity index (χ1n) is 8.32.